The Bertz CT molecular complexity index is 688. The zero-order valence-corrected chi connectivity index (χ0v) is 15.6. The molecule has 1 unspecified atom stereocenters. The highest BCUT2D eigenvalue weighted by Gasteiger charge is 2.24. The van der Waals surface area contributed by atoms with Crippen LogP contribution in [0.15, 0.2) is 18.2 Å². The highest BCUT2D eigenvalue weighted by molar-refractivity contribution is 6.35. The molecule has 0 radical (unpaired) electrons. The summed E-state index contributed by atoms with van der Waals surface area (Å²) in [4.78, 5) is 23.8. The van der Waals surface area contributed by atoms with Crippen LogP contribution in [0, 0.1) is 17.8 Å². The summed E-state index contributed by atoms with van der Waals surface area (Å²) in [6.07, 6.45) is 4.20. The number of carbonyl (C=O) groups excluding carboxylic acids is 2. The van der Waals surface area contributed by atoms with Crippen LogP contribution in [0.2, 0.25) is 10.0 Å². The lowest BCUT2D eigenvalue weighted by atomic mass is 10.1. The molecule has 1 N–H and O–H groups in total. The molecule has 0 bridgehead atoms. The average molecular weight is 382 g/mol. The highest BCUT2D eigenvalue weighted by atomic mass is 35.5. The van der Waals surface area contributed by atoms with Gasteiger partial charge in [-0.05, 0) is 38.0 Å². The second-order valence-corrected chi connectivity index (χ2v) is 7.03. The van der Waals surface area contributed by atoms with E-state index in [-0.39, 0.29) is 30.9 Å². The fraction of sp³-hybridized carbons (Fsp3) is 0.474. The second-order valence-electron chi connectivity index (χ2n) is 6.18. The maximum Gasteiger partial charge on any atom is 0.308 e. The summed E-state index contributed by atoms with van der Waals surface area (Å²) in [6.45, 7) is 1.77. The molecule has 1 fully saturated rings. The van der Waals surface area contributed by atoms with Crippen LogP contribution in [-0.2, 0) is 14.3 Å². The molecule has 1 saturated carbocycles. The van der Waals surface area contributed by atoms with Gasteiger partial charge in [0.05, 0.1) is 11.4 Å². The van der Waals surface area contributed by atoms with Crippen molar-refractivity contribution in [2.24, 2.45) is 5.92 Å². The molecule has 1 aliphatic rings. The largest absolute Gasteiger partial charge is 0.452 e. The van der Waals surface area contributed by atoms with Crippen molar-refractivity contribution in [1.29, 1.82) is 0 Å². The van der Waals surface area contributed by atoms with Crippen molar-refractivity contribution >= 4 is 35.1 Å². The lowest BCUT2D eigenvalue weighted by molar-refractivity contribution is -0.142. The first-order valence-corrected chi connectivity index (χ1v) is 9.11. The van der Waals surface area contributed by atoms with E-state index in [9.17, 15) is 9.59 Å². The summed E-state index contributed by atoms with van der Waals surface area (Å²) in [5.41, 5.74) is 0.624. The molecule has 0 aromatic heterocycles. The summed E-state index contributed by atoms with van der Waals surface area (Å²) in [5.74, 6) is 5.31. The number of amides is 1. The van der Waals surface area contributed by atoms with Crippen molar-refractivity contribution in [3.8, 4) is 11.8 Å². The molecule has 1 aliphatic carbocycles. The lowest BCUT2D eigenvalue weighted by Crippen LogP contribution is -2.37. The number of benzene rings is 1. The van der Waals surface area contributed by atoms with E-state index in [4.69, 9.17) is 27.9 Å². The zero-order chi connectivity index (χ0) is 18.2. The Balaban J connectivity index is 1.71. The van der Waals surface area contributed by atoms with E-state index in [2.05, 4.69) is 17.2 Å². The minimum Gasteiger partial charge on any atom is -0.452 e. The number of halogens is 2. The van der Waals surface area contributed by atoms with Crippen LogP contribution >= 0.6 is 23.2 Å². The van der Waals surface area contributed by atoms with E-state index in [1.807, 2.05) is 0 Å². The Kier molecular flexibility index (Phi) is 7.61. The molecule has 25 heavy (non-hydrogen) atoms. The molecule has 6 heteroatoms. The van der Waals surface area contributed by atoms with Crippen LogP contribution in [0.5, 0.6) is 0 Å². The van der Waals surface area contributed by atoms with Crippen molar-refractivity contribution in [2.75, 3.05) is 6.61 Å². The topological polar surface area (TPSA) is 55.4 Å². The Morgan fingerprint density at radius 1 is 1.32 bits per heavy atom. The highest BCUT2D eigenvalue weighted by Crippen LogP contribution is 2.24. The Hall–Kier alpha value is -1.70. The minimum atomic E-state index is -0.393. The first-order valence-electron chi connectivity index (χ1n) is 8.35. The van der Waals surface area contributed by atoms with Crippen molar-refractivity contribution in [2.45, 2.75) is 45.1 Å². The molecule has 0 saturated heterocycles. The number of hydrogen-bond acceptors (Lipinski definition) is 3. The second kappa shape index (κ2) is 9.70. The molecular weight excluding hydrogens is 361 g/mol. The van der Waals surface area contributed by atoms with Gasteiger partial charge >= 0.3 is 5.97 Å². The molecule has 134 valence electrons. The van der Waals surface area contributed by atoms with Gasteiger partial charge in [-0.1, -0.05) is 47.9 Å². The van der Waals surface area contributed by atoms with Crippen LogP contribution in [0.1, 0.15) is 44.6 Å². The van der Waals surface area contributed by atoms with E-state index < -0.39 is 5.97 Å². The van der Waals surface area contributed by atoms with E-state index in [0.717, 1.165) is 25.7 Å². The average Bonchev–Trinajstić information content (AvgIpc) is 3.07. The van der Waals surface area contributed by atoms with Gasteiger partial charge in [0.2, 0.25) is 5.91 Å². The van der Waals surface area contributed by atoms with E-state index in [0.29, 0.717) is 15.6 Å². The van der Waals surface area contributed by atoms with Crippen LogP contribution < -0.4 is 5.32 Å². The molecule has 1 amide bonds. The fourth-order valence-electron chi connectivity index (χ4n) is 2.75. The van der Waals surface area contributed by atoms with Gasteiger partial charge in [0.1, 0.15) is 0 Å². The van der Waals surface area contributed by atoms with Crippen LogP contribution in [0.3, 0.4) is 0 Å². The fourth-order valence-corrected chi connectivity index (χ4v) is 3.20. The Labute approximate surface area is 158 Å². The Morgan fingerprint density at radius 3 is 2.72 bits per heavy atom. The quantitative estimate of drug-likeness (QED) is 0.619. The summed E-state index contributed by atoms with van der Waals surface area (Å²) in [5, 5.41) is 3.87. The Morgan fingerprint density at radius 2 is 2.04 bits per heavy atom. The maximum atomic E-state index is 12.0. The summed E-state index contributed by atoms with van der Waals surface area (Å²) >= 11 is 11.8. The molecule has 0 aliphatic heterocycles. The van der Waals surface area contributed by atoms with Gasteiger partial charge in [-0.2, -0.15) is 0 Å². The van der Waals surface area contributed by atoms with Gasteiger partial charge in [0.15, 0.2) is 6.61 Å². The van der Waals surface area contributed by atoms with Gasteiger partial charge in [-0.15, -0.1) is 0 Å². The van der Waals surface area contributed by atoms with Crippen LogP contribution in [0.25, 0.3) is 0 Å². The lowest BCUT2D eigenvalue weighted by Gasteiger charge is -2.16. The minimum absolute atomic E-state index is 0.0267. The zero-order valence-electron chi connectivity index (χ0n) is 14.1. The first kappa shape index (κ1) is 19.6. The standard InChI is InChI=1S/C19H21Cl2NO3/c1-13(22-19(24)15-5-2-3-6-15)11-18(23)25-10-4-7-14-8-9-16(20)12-17(14)21/h8-9,12-13,15H,2-3,5-6,10-11H2,1H3,(H,22,24). The summed E-state index contributed by atoms with van der Waals surface area (Å²) in [7, 11) is 0. The monoisotopic (exact) mass is 381 g/mol. The van der Waals surface area contributed by atoms with Gasteiger partial charge in [-0.25, -0.2) is 0 Å². The van der Waals surface area contributed by atoms with Crippen molar-refractivity contribution in [3.05, 3.63) is 33.8 Å². The van der Waals surface area contributed by atoms with Gasteiger partial charge in [-0.3, -0.25) is 9.59 Å². The number of ether oxygens (including phenoxy) is 1. The van der Waals surface area contributed by atoms with E-state index in [1.165, 1.54) is 0 Å². The van der Waals surface area contributed by atoms with Gasteiger partial charge < -0.3 is 10.1 Å². The predicted octanol–water partition coefficient (Wildman–Crippen LogP) is 3.97. The molecule has 4 nitrogen and oxygen atoms in total. The number of esters is 1. The van der Waals surface area contributed by atoms with Crippen LogP contribution in [-0.4, -0.2) is 24.5 Å². The van der Waals surface area contributed by atoms with Gasteiger partial charge in [0.25, 0.3) is 0 Å². The van der Waals surface area contributed by atoms with Crippen LogP contribution in [0.4, 0.5) is 0 Å². The molecule has 1 atom stereocenters. The molecule has 0 heterocycles. The van der Waals surface area contributed by atoms with Crippen molar-refractivity contribution in [1.82, 2.24) is 5.32 Å². The third-order valence-electron chi connectivity index (χ3n) is 4.05. The molecule has 0 spiro atoms. The number of nitrogens with one attached hydrogen (secondary N) is 1. The molecule has 2 rings (SSSR count). The maximum absolute atomic E-state index is 12.0. The smallest absolute Gasteiger partial charge is 0.308 e. The number of rotatable bonds is 5. The van der Waals surface area contributed by atoms with Crippen molar-refractivity contribution in [3.63, 3.8) is 0 Å². The SMILES string of the molecule is CC(CC(=O)OCC#Cc1ccc(Cl)cc1Cl)NC(=O)C1CCCC1. The third-order valence-corrected chi connectivity index (χ3v) is 4.59. The third kappa shape index (κ3) is 6.61. The van der Waals surface area contributed by atoms with E-state index in [1.54, 1.807) is 25.1 Å². The molecule has 1 aromatic rings. The summed E-state index contributed by atoms with van der Waals surface area (Å²) < 4.78 is 5.07. The van der Waals surface area contributed by atoms with Gasteiger partial charge in [0, 0.05) is 22.5 Å². The summed E-state index contributed by atoms with van der Waals surface area (Å²) in [6, 6.07) is 4.76. The molecular formula is C19H21Cl2NO3. The van der Waals surface area contributed by atoms with E-state index >= 15 is 0 Å². The first-order chi connectivity index (χ1) is 12.0. The molecule has 1 aromatic carbocycles. The number of hydrogen-bond donors (Lipinski definition) is 1. The van der Waals surface area contributed by atoms with Crippen molar-refractivity contribution < 1.29 is 14.3 Å². The normalized spacial score (nSPS) is 15.2. The number of carbonyl (C=O) groups is 2. The predicted molar refractivity (Wildman–Crippen MR) is 98.5 cm³/mol.